The Kier molecular flexibility index (Phi) is 2.85. The Balaban J connectivity index is 1.89. The summed E-state index contributed by atoms with van der Waals surface area (Å²) in [5.74, 6) is 0.835. The molecule has 0 aliphatic carbocycles. The molecule has 3 heteroatoms. The van der Waals surface area contributed by atoms with E-state index in [4.69, 9.17) is 0 Å². The van der Waals surface area contributed by atoms with Crippen molar-refractivity contribution in [2.45, 2.75) is 19.3 Å². The van der Waals surface area contributed by atoms with Gasteiger partial charge < -0.3 is 9.88 Å². The monoisotopic (exact) mass is 229 g/mol. The van der Waals surface area contributed by atoms with Crippen LogP contribution in [0.3, 0.4) is 0 Å². The second-order valence-corrected chi connectivity index (χ2v) is 5.06. The second kappa shape index (κ2) is 4.49. The fourth-order valence-electron chi connectivity index (χ4n) is 2.87. The van der Waals surface area contributed by atoms with E-state index in [0.29, 0.717) is 0 Å². The molecule has 90 valence electrons. The van der Waals surface area contributed by atoms with Crippen molar-refractivity contribution in [3.63, 3.8) is 0 Å². The number of hydrogen-bond acceptors (Lipinski definition) is 2. The molecule has 0 bridgehead atoms. The summed E-state index contributed by atoms with van der Waals surface area (Å²) in [5.41, 5.74) is 2.76. The van der Waals surface area contributed by atoms with E-state index >= 15 is 0 Å². The molecule has 0 atom stereocenters. The van der Waals surface area contributed by atoms with Gasteiger partial charge in [-0.3, -0.25) is 4.98 Å². The van der Waals surface area contributed by atoms with Crippen LogP contribution in [0.25, 0.3) is 10.9 Å². The van der Waals surface area contributed by atoms with Crippen LogP contribution in [0.2, 0.25) is 0 Å². The number of pyridine rings is 1. The number of hydrogen-bond donors (Lipinski definition) is 1. The first-order chi connectivity index (χ1) is 8.34. The maximum absolute atomic E-state index is 4.25. The zero-order valence-electron chi connectivity index (χ0n) is 10.3. The van der Waals surface area contributed by atoms with Crippen LogP contribution >= 0.6 is 0 Å². The minimum atomic E-state index is 0.835. The highest BCUT2D eigenvalue weighted by Gasteiger charge is 2.16. The van der Waals surface area contributed by atoms with Crippen LogP contribution in [0.4, 0.5) is 0 Å². The summed E-state index contributed by atoms with van der Waals surface area (Å²) in [6.07, 6.45) is 9.95. The van der Waals surface area contributed by atoms with Gasteiger partial charge in [0, 0.05) is 31.0 Å². The Morgan fingerprint density at radius 1 is 1.41 bits per heavy atom. The summed E-state index contributed by atoms with van der Waals surface area (Å²) < 4.78 is 2.22. The molecule has 3 nitrogen and oxygen atoms in total. The van der Waals surface area contributed by atoms with Gasteiger partial charge in [0.2, 0.25) is 0 Å². The van der Waals surface area contributed by atoms with E-state index in [1.54, 1.807) is 0 Å². The molecule has 0 amide bonds. The second-order valence-electron chi connectivity index (χ2n) is 5.06. The highest BCUT2D eigenvalue weighted by Crippen LogP contribution is 2.25. The normalized spacial score (nSPS) is 17.7. The molecule has 2 aromatic rings. The summed E-state index contributed by atoms with van der Waals surface area (Å²) in [5, 5.41) is 4.75. The third-order valence-electron chi connectivity index (χ3n) is 3.84. The molecular weight excluding hydrogens is 210 g/mol. The first-order valence-electron chi connectivity index (χ1n) is 6.43. The van der Waals surface area contributed by atoms with E-state index in [1.807, 2.05) is 12.4 Å². The summed E-state index contributed by atoms with van der Waals surface area (Å²) in [4.78, 5) is 4.25. The Hall–Kier alpha value is -1.35. The molecule has 3 heterocycles. The Bertz CT molecular complexity index is 509. The van der Waals surface area contributed by atoms with Crippen LogP contribution in [0, 0.1) is 5.92 Å². The molecule has 0 unspecified atom stereocenters. The lowest BCUT2D eigenvalue weighted by molar-refractivity contribution is 0.373. The van der Waals surface area contributed by atoms with E-state index in [2.05, 4.69) is 34.2 Å². The zero-order chi connectivity index (χ0) is 11.7. The predicted molar refractivity (Wildman–Crippen MR) is 70.0 cm³/mol. The number of piperidine rings is 1. The molecule has 17 heavy (non-hydrogen) atoms. The molecule has 3 rings (SSSR count). The van der Waals surface area contributed by atoms with E-state index in [9.17, 15) is 0 Å². The molecule has 1 N–H and O–H groups in total. The van der Waals surface area contributed by atoms with Gasteiger partial charge in [-0.15, -0.1) is 0 Å². The Morgan fingerprint density at radius 3 is 3.06 bits per heavy atom. The number of rotatable bonds is 2. The lowest BCUT2D eigenvalue weighted by Crippen LogP contribution is -2.28. The molecule has 2 aromatic heterocycles. The number of nitrogens with one attached hydrogen (secondary N) is 1. The molecule has 0 spiro atoms. The van der Waals surface area contributed by atoms with Crippen LogP contribution in [0.5, 0.6) is 0 Å². The Morgan fingerprint density at radius 2 is 2.24 bits per heavy atom. The fraction of sp³-hybridized carbons (Fsp3) is 0.500. The van der Waals surface area contributed by atoms with E-state index < -0.39 is 0 Å². The van der Waals surface area contributed by atoms with E-state index in [0.717, 1.165) is 5.92 Å². The highest BCUT2D eigenvalue weighted by molar-refractivity contribution is 5.82. The van der Waals surface area contributed by atoms with Crippen molar-refractivity contribution in [3.8, 4) is 0 Å². The van der Waals surface area contributed by atoms with Gasteiger partial charge >= 0.3 is 0 Å². The average molecular weight is 229 g/mol. The molecular formula is C14H19N3. The lowest BCUT2D eigenvalue weighted by atomic mass is 9.91. The van der Waals surface area contributed by atoms with E-state index in [-0.39, 0.29) is 0 Å². The molecule has 0 radical (unpaired) electrons. The lowest BCUT2D eigenvalue weighted by Gasteiger charge is -2.22. The van der Waals surface area contributed by atoms with Crippen LogP contribution in [-0.2, 0) is 13.5 Å². The number of fused-ring (bicyclic) bond motifs is 1. The van der Waals surface area contributed by atoms with Gasteiger partial charge in [-0.2, -0.15) is 0 Å². The smallest absolute Gasteiger partial charge is 0.0511 e. The highest BCUT2D eigenvalue weighted by atomic mass is 14.9. The molecule has 1 saturated heterocycles. The standard InChI is InChI=1S/C14H19N3/c1-17-10-12(8-11-2-5-15-6-3-11)13-9-16-7-4-14(13)17/h4,7,9-11,15H,2-3,5-6,8H2,1H3. The van der Waals surface area contributed by atoms with Crippen LogP contribution in [0.15, 0.2) is 24.7 Å². The van der Waals surface area contributed by atoms with Gasteiger partial charge in [0.1, 0.15) is 0 Å². The third-order valence-corrected chi connectivity index (χ3v) is 3.84. The van der Waals surface area contributed by atoms with Gasteiger partial charge in [-0.1, -0.05) is 0 Å². The first kappa shape index (κ1) is 10.8. The minimum absolute atomic E-state index is 0.835. The maximum atomic E-state index is 4.25. The summed E-state index contributed by atoms with van der Waals surface area (Å²) >= 11 is 0. The average Bonchev–Trinajstić information content (AvgIpc) is 2.69. The number of nitrogens with zero attached hydrogens (tertiary/aromatic N) is 2. The van der Waals surface area contributed by atoms with Crippen molar-refractivity contribution >= 4 is 10.9 Å². The van der Waals surface area contributed by atoms with Crippen molar-refractivity contribution in [3.05, 3.63) is 30.2 Å². The molecule has 1 aliphatic heterocycles. The molecule has 0 aromatic carbocycles. The van der Waals surface area contributed by atoms with Crippen molar-refractivity contribution < 1.29 is 0 Å². The van der Waals surface area contributed by atoms with Crippen molar-refractivity contribution in [2.75, 3.05) is 13.1 Å². The largest absolute Gasteiger partial charge is 0.350 e. The topological polar surface area (TPSA) is 29.9 Å². The summed E-state index contributed by atoms with van der Waals surface area (Å²) in [6, 6.07) is 2.10. The molecule has 1 aliphatic rings. The molecule has 0 saturated carbocycles. The van der Waals surface area contributed by atoms with Crippen LogP contribution in [0.1, 0.15) is 18.4 Å². The zero-order valence-corrected chi connectivity index (χ0v) is 10.3. The van der Waals surface area contributed by atoms with Gasteiger partial charge in [0.05, 0.1) is 5.52 Å². The van der Waals surface area contributed by atoms with Gasteiger partial charge in [0.15, 0.2) is 0 Å². The number of aromatic nitrogens is 2. The quantitative estimate of drug-likeness (QED) is 0.855. The minimum Gasteiger partial charge on any atom is -0.350 e. The Labute approximate surface area is 102 Å². The third kappa shape index (κ3) is 2.07. The van der Waals surface area contributed by atoms with Crippen molar-refractivity contribution in [2.24, 2.45) is 13.0 Å². The van der Waals surface area contributed by atoms with Gasteiger partial charge in [-0.05, 0) is 49.9 Å². The fourth-order valence-corrected chi connectivity index (χ4v) is 2.87. The predicted octanol–water partition coefficient (Wildman–Crippen LogP) is 2.12. The first-order valence-corrected chi connectivity index (χ1v) is 6.43. The summed E-state index contributed by atoms with van der Waals surface area (Å²) in [6.45, 7) is 2.35. The van der Waals surface area contributed by atoms with Crippen molar-refractivity contribution in [1.29, 1.82) is 0 Å². The number of aryl methyl sites for hydroxylation is 1. The van der Waals surface area contributed by atoms with Gasteiger partial charge in [-0.25, -0.2) is 0 Å². The van der Waals surface area contributed by atoms with E-state index in [1.165, 1.54) is 48.8 Å². The molecule has 1 fully saturated rings. The van der Waals surface area contributed by atoms with Crippen molar-refractivity contribution in [1.82, 2.24) is 14.9 Å². The van der Waals surface area contributed by atoms with Crippen LogP contribution < -0.4 is 5.32 Å². The summed E-state index contributed by atoms with van der Waals surface area (Å²) in [7, 11) is 2.12. The van der Waals surface area contributed by atoms with Crippen LogP contribution in [-0.4, -0.2) is 22.6 Å². The van der Waals surface area contributed by atoms with Gasteiger partial charge in [0.25, 0.3) is 0 Å². The SMILES string of the molecule is Cn1cc(CC2CCNCC2)c2cnccc21. The maximum Gasteiger partial charge on any atom is 0.0511 e.